The van der Waals surface area contributed by atoms with Crippen LogP contribution in [0.25, 0.3) is 6.08 Å². The van der Waals surface area contributed by atoms with Crippen molar-refractivity contribution in [1.82, 2.24) is 0 Å². The van der Waals surface area contributed by atoms with Gasteiger partial charge in [0.1, 0.15) is 5.69 Å². The number of rotatable bonds is 7. The third kappa shape index (κ3) is 6.62. The van der Waals surface area contributed by atoms with Gasteiger partial charge in [-0.3, -0.25) is 25.0 Å². The van der Waals surface area contributed by atoms with Gasteiger partial charge in [0.15, 0.2) is 6.61 Å². The maximum atomic E-state index is 12.7. The van der Waals surface area contributed by atoms with E-state index in [1.807, 2.05) is 5.32 Å². The van der Waals surface area contributed by atoms with E-state index in [0.717, 1.165) is 12.1 Å². The first-order valence-electron chi connectivity index (χ1n) is 8.22. The number of amides is 1. The zero-order chi connectivity index (χ0) is 23.2. The van der Waals surface area contributed by atoms with Gasteiger partial charge in [-0.1, -0.05) is 0 Å². The molecule has 0 unspecified atom stereocenters. The Kier molecular flexibility index (Phi) is 7.03. The van der Waals surface area contributed by atoms with E-state index in [4.69, 9.17) is 0 Å². The minimum Gasteiger partial charge on any atom is -0.452 e. The van der Waals surface area contributed by atoms with E-state index in [1.165, 1.54) is 30.3 Å². The van der Waals surface area contributed by atoms with Gasteiger partial charge >= 0.3 is 12.1 Å². The van der Waals surface area contributed by atoms with Gasteiger partial charge in [-0.05, 0) is 35.9 Å². The number of hydrogen-bond acceptors (Lipinski definition) is 7. The molecule has 0 aliphatic heterocycles. The van der Waals surface area contributed by atoms with Crippen LogP contribution in [0.15, 0.2) is 48.5 Å². The molecule has 10 nitrogen and oxygen atoms in total. The van der Waals surface area contributed by atoms with E-state index < -0.39 is 51.4 Å². The molecule has 0 bridgehead atoms. The van der Waals surface area contributed by atoms with Gasteiger partial charge in [-0.25, -0.2) is 4.79 Å². The Bertz CT molecular complexity index is 1050. The Labute approximate surface area is 171 Å². The van der Waals surface area contributed by atoms with Crippen molar-refractivity contribution in [3.05, 3.63) is 79.9 Å². The zero-order valence-corrected chi connectivity index (χ0v) is 15.3. The lowest BCUT2D eigenvalue weighted by Crippen LogP contribution is -2.21. The Balaban J connectivity index is 1.96. The smallest absolute Gasteiger partial charge is 0.416 e. The molecule has 0 atom stereocenters. The van der Waals surface area contributed by atoms with Crippen LogP contribution in [0.1, 0.15) is 11.1 Å². The summed E-state index contributed by atoms with van der Waals surface area (Å²) in [5, 5.41) is 23.6. The molecule has 0 aliphatic rings. The van der Waals surface area contributed by atoms with E-state index in [2.05, 4.69) is 4.74 Å². The normalized spacial score (nSPS) is 11.2. The van der Waals surface area contributed by atoms with Gasteiger partial charge in [-0.2, -0.15) is 13.2 Å². The maximum Gasteiger partial charge on any atom is 0.416 e. The van der Waals surface area contributed by atoms with E-state index in [9.17, 15) is 43.0 Å². The fourth-order valence-electron chi connectivity index (χ4n) is 2.21. The van der Waals surface area contributed by atoms with Gasteiger partial charge in [0.25, 0.3) is 17.3 Å². The summed E-state index contributed by atoms with van der Waals surface area (Å²) in [6, 6.07) is 6.73. The van der Waals surface area contributed by atoms with Crippen molar-refractivity contribution in [3.63, 3.8) is 0 Å². The Morgan fingerprint density at radius 2 is 1.68 bits per heavy atom. The Morgan fingerprint density at radius 3 is 2.23 bits per heavy atom. The van der Waals surface area contributed by atoms with Crippen molar-refractivity contribution < 1.29 is 37.3 Å². The highest BCUT2D eigenvalue weighted by atomic mass is 19.4. The summed E-state index contributed by atoms with van der Waals surface area (Å²) in [6.45, 7) is -0.860. The number of halogens is 3. The quantitative estimate of drug-likeness (QED) is 0.300. The lowest BCUT2D eigenvalue weighted by Gasteiger charge is -2.10. The number of anilines is 1. The summed E-state index contributed by atoms with van der Waals surface area (Å²) in [7, 11) is 0. The molecule has 2 rings (SSSR count). The average Bonchev–Trinajstić information content (AvgIpc) is 2.70. The Morgan fingerprint density at radius 1 is 1.03 bits per heavy atom. The van der Waals surface area contributed by atoms with Crippen molar-refractivity contribution in [2.24, 2.45) is 0 Å². The first-order chi connectivity index (χ1) is 14.5. The summed E-state index contributed by atoms with van der Waals surface area (Å²) in [5.74, 6) is -1.98. The molecular formula is C18H12F3N3O7. The largest absolute Gasteiger partial charge is 0.452 e. The van der Waals surface area contributed by atoms with Gasteiger partial charge in [0.2, 0.25) is 0 Å². The van der Waals surface area contributed by atoms with Gasteiger partial charge in [0, 0.05) is 24.3 Å². The fourth-order valence-corrected chi connectivity index (χ4v) is 2.21. The number of carbonyl (C=O) groups excluding carboxylic acids is 2. The number of nitro groups is 2. The topological polar surface area (TPSA) is 142 Å². The number of nitrogens with one attached hydrogen (secondary N) is 1. The highest BCUT2D eigenvalue weighted by Crippen LogP contribution is 2.34. The second-order valence-corrected chi connectivity index (χ2v) is 5.82. The Hall–Kier alpha value is -4.29. The third-order valence-corrected chi connectivity index (χ3v) is 3.66. The second-order valence-electron chi connectivity index (χ2n) is 5.82. The van der Waals surface area contributed by atoms with E-state index in [-0.39, 0.29) is 11.8 Å². The number of hydrogen-bond donors (Lipinski definition) is 1. The van der Waals surface area contributed by atoms with Crippen LogP contribution in [0.3, 0.4) is 0 Å². The van der Waals surface area contributed by atoms with Crippen LogP contribution < -0.4 is 5.32 Å². The molecule has 162 valence electrons. The number of ether oxygens (including phenoxy) is 1. The van der Waals surface area contributed by atoms with E-state index in [1.54, 1.807) is 0 Å². The van der Waals surface area contributed by atoms with Crippen molar-refractivity contribution in [1.29, 1.82) is 0 Å². The van der Waals surface area contributed by atoms with Gasteiger partial charge in [-0.15, -0.1) is 0 Å². The number of non-ortho nitro benzene ring substituents is 1. The number of nitro benzene ring substituents is 2. The summed E-state index contributed by atoms with van der Waals surface area (Å²) in [6.07, 6.45) is -2.60. The SMILES string of the molecule is O=C(COC(=O)/C=C/c1ccc([N+](=O)[O-])cc1)Nc1ccc(C(F)(F)F)cc1[N+](=O)[O-]. The minimum absolute atomic E-state index is 0.145. The number of nitrogens with zero attached hydrogens (tertiary/aromatic N) is 2. The van der Waals surface area contributed by atoms with Crippen molar-refractivity contribution in [2.75, 3.05) is 11.9 Å². The lowest BCUT2D eigenvalue weighted by molar-refractivity contribution is -0.384. The number of esters is 1. The predicted octanol–water partition coefficient (Wildman–Crippen LogP) is 3.72. The molecule has 0 radical (unpaired) electrons. The standard InChI is InChI=1S/C18H12F3N3O7/c19-18(20,21)12-4-7-14(15(9-12)24(29)30)22-16(25)10-31-17(26)8-3-11-1-5-13(6-2-11)23(27)28/h1-9H,10H2,(H,22,25)/b8-3+. The molecule has 31 heavy (non-hydrogen) atoms. The molecule has 0 aromatic heterocycles. The molecule has 2 aromatic carbocycles. The summed E-state index contributed by atoms with van der Waals surface area (Å²) < 4.78 is 42.7. The fraction of sp³-hybridized carbons (Fsp3) is 0.111. The third-order valence-electron chi connectivity index (χ3n) is 3.66. The molecule has 1 N–H and O–H groups in total. The molecule has 0 saturated carbocycles. The minimum atomic E-state index is -4.81. The van der Waals surface area contributed by atoms with Gasteiger partial charge < -0.3 is 10.1 Å². The molecule has 0 heterocycles. The lowest BCUT2D eigenvalue weighted by atomic mass is 10.1. The summed E-state index contributed by atoms with van der Waals surface area (Å²) >= 11 is 0. The number of alkyl halides is 3. The van der Waals surface area contributed by atoms with E-state index >= 15 is 0 Å². The maximum absolute atomic E-state index is 12.7. The van der Waals surface area contributed by atoms with Crippen molar-refractivity contribution >= 4 is 35.0 Å². The van der Waals surface area contributed by atoms with Crippen molar-refractivity contribution in [3.8, 4) is 0 Å². The van der Waals surface area contributed by atoms with Crippen molar-refractivity contribution in [2.45, 2.75) is 6.18 Å². The number of benzene rings is 2. The van der Waals surface area contributed by atoms with Crippen LogP contribution in [0.4, 0.5) is 30.2 Å². The van der Waals surface area contributed by atoms with Crippen LogP contribution in [-0.2, 0) is 20.5 Å². The molecule has 0 saturated heterocycles. The van der Waals surface area contributed by atoms with Crippen LogP contribution >= 0.6 is 0 Å². The first-order valence-corrected chi connectivity index (χ1v) is 8.22. The van der Waals surface area contributed by atoms with Crippen LogP contribution in [0.2, 0.25) is 0 Å². The summed E-state index contributed by atoms with van der Waals surface area (Å²) in [5.41, 5.74) is -2.45. The molecule has 0 spiro atoms. The van der Waals surface area contributed by atoms with Gasteiger partial charge in [0.05, 0.1) is 15.4 Å². The second kappa shape index (κ2) is 9.47. The predicted molar refractivity (Wildman–Crippen MR) is 99.8 cm³/mol. The highest BCUT2D eigenvalue weighted by Gasteiger charge is 2.33. The molecule has 13 heteroatoms. The zero-order valence-electron chi connectivity index (χ0n) is 15.3. The molecule has 0 aliphatic carbocycles. The molecule has 2 aromatic rings. The monoisotopic (exact) mass is 439 g/mol. The first kappa shape index (κ1) is 23.0. The summed E-state index contributed by atoms with van der Waals surface area (Å²) in [4.78, 5) is 43.3. The highest BCUT2D eigenvalue weighted by molar-refractivity contribution is 5.96. The van der Waals surface area contributed by atoms with Crippen LogP contribution in [-0.4, -0.2) is 28.3 Å². The molecular weight excluding hydrogens is 427 g/mol. The molecule has 0 fully saturated rings. The van der Waals surface area contributed by atoms with Crippen LogP contribution in [0.5, 0.6) is 0 Å². The van der Waals surface area contributed by atoms with E-state index in [0.29, 0.717) is 11.6 Å². The number of carbonyl (C=O) groups is 2. The van der Waals surface area contributed by atoms with Crippen LogP contribution in [0, 0.1) is 20.2 Å². The average molecular weight is 439 g/mol. The molecule has 1 amide bonds.